The number of rotatable bonds is 2. The molecule has 0 amide bonds. The molecule has 0 fully saturated rings. The van der Waals surface area contributed by atoms with Crippen LogP contribution in [0.1, 0.15) is 40.0 Å². The molecule has 0 saturated heterocycles. The molecule has 1 heterocycles. The highest BCUT2D eigenvalue weighted by Crippen LogP contribution is 2.35. The van der Waals surface area contributed by atoms with Gasteiger partial charge in [-0.25, -0.2) is 0 Å². The number of nitrogens with zero attached hydrogens (tertiary/aromatic N) is 1. The van der Waals surface area contributed by atoms with Crippen LogP contribution < -0.4 is 5.73 Å². The van der Waals surface area contributed by atoms with Gasteiger partial charge < -0.3 is 10.3 Å². The van der Waals surface area contributed by atoms with Crippen molar-refractivity contribution >= 4 is 33.9 Å². The van der Waals surface area contributed by atoms with Crippen molar-refractivity contribution in [3.8, 4) is 5.69 Å². The second kappa shape index (κ2) is 5.56. The molecule has 2 aromatic carbocycles. The summed E-state index contributed by atoms with van der Waals surface area (Å²) in [6.07, 6.45) is 2.47. The van der Waals surface area contributed by atoms with Crippen molar-refractivity contribution in [3.63, 3.8) is 0 Å². The number of carbonyl (C=O) groups is 1. The normalized spacial score (nSPS) is 14.0. The molecule has 120 valence electrons. The number of nitrogens with two attached hydrogens (primary N) is 1. The van der Waals surface area contributed by atoms with E-state index in [0.29, 0.717) is 11.4 Å². The van der Waals surface area contributed by atoms with E-state index < -0.39 is 0 Å². The third-order valence-electron chi connectivity index (χ3n) is 4.79. The van der Waals surface area contributed by atoms with Crippen LogP contribution in [-0.4, -0.2) is 15.3 Å². The summed E-state index contributed by atoms with van der Waals surface area (Å²) in [4.78, 5) is 12.9. The van der Waals surface area contributed by atoms with Crippen LogP contribution in [0.4, 0.5) is 0 Å². The lowest BCUT2D eigenvalue weighted by molar-refractivity contribution is 0.0973. The molecule has 1 aliphatic carbocycles. The lowest BCUT2D eigenvalue weighted by Gasteiger charge is -2.17. The van der Waals surface area contributed by atoms with Gasteiger partial charge in [-0.2, -0.15) is 0 Å². The number of para-hydroxylation sites is 1. The van der Waals surface area contributed by atoms with Gasteiger partial charge in [0.05, 0.1) is 5.52 Å². The summed E-state index contributed by atoms with van der Waals surface area (Å²) in [6.45, 7) is 2.06. The molecule has 2 N–H and O–H groups in total. The Balaban J connectivity index is 2.04. The first kappa shape index (κ1) is 15.1. The maximum Gasteiger partial charge on any atom is 0.165 e. The molecule has 4 heteroatoms. The highest BCUT2D eigenvalue weighted by Gasteiger charge is 2.26. The van der Waals surface area contributed by atoms with E-state index >= 15 is 0 Å². The summed E-state index contributed by atoms with van der Waals surface area (Å²) < 4.78 is 2.24. The van der Waals surface area contributed by atoms with Gasteiger partial charge in [-0.1, -0.05) is 30.4 Å². The Kier molecular flexibility index (Phi) is 3.50. The molecule has 0 spiro atoms. The van der Waals surface area contributed by atoms with Crippen LogP contribution in [0, 0.1) is 6.92 Å². The highest BCUT2D eigenvalue weighted by atomic mass is 32.1. The molecule has 24 heavy (non-hydrogen) atoms. The smallest absolute Gasteiger partial charge is 0.165 e. The molecule has 1 aromatic heterocycles. The third kappa shape index (κ3) is 2.18. The largest absolute Gasteiger partial charge is 0.389 e. The first-order valence-corrected chi connectivity index (χ1v) is 8.55. The van der Waals surface area contributed by atoms with Crippen molar-refractivity contribution in [2.75, 3.05) is 0 Å². The van der Waals surface area contributed by atoms with E-state index in [1.807, 2.05) is 30.3 Å². The Hall–Kier alpha value is -2.46. The van der Waals surface area contributed by atoms with E-state index in [4.69, 9.17) is 18.0 Å². The quantitative estimate of drug-likeness (QED) is 0.718. The van der Waals surface area contributed by atoms with Crippen molar-refractivity contribution < 1.29 is 4.79 Å². The van der Waals surface area contributed by atoms with Gasteiger partial charge in [-0.15, -0.1) is 0 Å². The monoisotopic (exact) mass is 334 g/mol. The second-order valence-corrected chi connectivity index (χ2v) is 6.76. The molecule has 0 atom stereocenters. The molecule has 0 aliphatic heterocycles. The van der Waals surface area contributed by atoms with E-state index in [0.717, 1.165) is 51.8 Å². The summed E-state index contributed by atoms with van der Waals surface area (Å²) in [7, 11) is 0. The van der Waals surface area contributed by atoms with Gasteiger partial charge in [0.1, 0.15) is 4.99 Å². The summed E-state index contributed by atoms with van der Waals surface area (Å²) in [5.74, 6) is 0.253. The number of fused-ring (bicyclic) bond motifs is 3. The van der Waals surface area contributed by atoms with Gasteiger partial charge in [0, 0.05) is 34.3 Å². The molecular formula is C20H18N2OS. The van der Waals surface area contributed by atoms with Crippen LogP contribution in [0.2, 0.25) is 0 Å². The number of hydrogen-bond acceptors (Lipinski definition) is 2. The number of ketones is 1. The van der Waals surface area contributed by atoms with Crippen LogP contribution in [0.3, 0.4) is 0 Å². The van der Waals surface area contributed by atoms with Crippen LogP contribution in [-0.2, 0) is 6.42 Å². The topological polar surface area (TPSA) is 48.0 Å². The summed E-state index contributed by atoms with van der Waals surface area (Å²) in [5.41, 5.74) is 11.9. The highest BCUT2D eigenvalue weighted by molar-refractivity contribution is 7.80. The van der Waals surface area contributed by atoms with E-state index in [9.17, 15) is 4.79 Å². The average molecular weight is 334 g/mol. The fraction of sp³-hybridized carbons (Fsp3) is 0.200. The SMILES string of the molecule is Cc1cc(C(N)=S)ccc1-n1c2c(c3ccccc31)C(=O)CCC2. The minimum Gasteiger partial charge on any atom is -0.389 e. The number of carbonyl (C=O) groups excluding carboxylic acids is 1. The Morgan fingerprint density at radius 1 is 1.17 bits per heavy atom. The zero-order valence-electron chi connectivity index (χ0n) is 13.5. The second-order valence-electron chi connectivity index (χ2n) is 6.32. The number of aryl methyl sites for hydroxylation is 1. The molecule has 0 radical (unpaired) electrons. The van der Waals surface area contributed by atoms with Crippen molar-refractivity contribution in [2.24, 2.45) is 5.73 Å². The predicted molar refractivity (Wildman–Crippen MR) is 101 cm³/mol. The minimum absolute atomic E-state index is 0.253. The number of thiocarbonyl (C=S) groups is 1. The first-order valence-electron chi connectivity index (χ1n) is 8.14. The van der Waals surface area contributed by atoms with Crippen LogP contribution in [0.5, 0.6) is 0 Å². The maximum absolute atomic E-state index is 12.5. The Morgan fingerprint density at radius 3 is 2.71 bits per heavy atom. The van der Waals surface area contributed by atoms with Crippen molar-refractivity contribution in [2.45, 2.75) is 26.2 Å². The molecule has 0 bridgehead atoms. The zero-order valence-corrected chi connectivity index (χ0v) is 14.3. The van der Waals surface area contributed by atoms with Crippen molar-refractivity contribution in [3.05, 3.63) is 64.8 Å². The maximum atomic E-state index is 12.5. The fourth-order valence-electron chi connectivity index (χ4n) is 3.72. The van der Waals surface area contributed by atoms with Crippen LogP contribution in [0.25, 0.3) is 16.6 Å². The van der Waals surface area contributed by atoms with Gasteiger partial charge in [-0.3, -0.25) is 4.79 Å². The Morgan fingerprint density at radius 2 is 1.96 bits per heavy atom. The summed E-state index contributed by atoms with van der Waals surface area (Å²) in [5, 5.41) is 1.05. The molecule has 0 unspecified atom stereocenters. The lowest BCUT2D eigenvalue weighted by Crippen LogP contribution is -2.14. The standard InChI is InChI=1S/C20H18N2OS/c1-12-11-13(20(21)24)9-10-15(12)22-16-6-3-2-5-14(16)19-17(22)7-4-8-18(19)23/h2-3,5-6,9-11H,4,7-8H2,1H3,(H2,21,24). The molecule has 3 aromatic rings. The van der Waals surface area contributed by atoms with Gasteiger partial charge in [-0.05, 0) is 49.6 Å². The van der Waals surface area contributed by atoms with Crippen molar-refractivity contribution in [1.82, 2.24) is 4.57 Å². The molecular weight excluding hydrogens is 316 g/mol. The number of aromatic nitrogens is 1. The Labute approximate surface area is 146 Å². The minimum atomic E-state index is 0.253. The van der Waals surface area contributed by atoms with Gasteiger partial charge in [0.25, 0.3) is 0 Å². The van der Waals surface area contributed by atoms with Crippen LogP contribution in [0.15, 0.2) is 42.5 Å². The number of hydrogen-bond donors (Lipinski definition) is 1. The van der Waals surface area contributed by atoms with Crippen molar-refractivity contribution in [1.29, 1.82) is 0 Å². The third-order valence-corrected chi connectivity index (χ3v) is 5.03. The number of Topliss-reactive ketones (excluding diaryl/α,β-unsaturated/α-hetero) is 1. The molecule has 0 saturated carbocycles. The summed E-state index contributed by atoms with van der Waals surface area (Å²) in [6, 6.07) is 14.2. The average Bonchev–Trinajstić information content (AvgIpc) is 2.90. The molecule has 1 aliphatic rings. The molecule has 4 rings (SSSR count). The lowest BCUT2D eigenvalue weighted by atomic mass is 9.94. The Bertz CT molecular complexity index is 1000. The number of benzene rings is 2. The van der Waals surface area contributed by atoms with E-state index in [1.54, 1.807) is 0 Å². The van der Waals surface area contributed by atoms with Gasteiger partial charge >= 0.3 is 0 Å². The molecule has 3 nitrogen and oxygen atoms in total. The van der Waals surface area contributed by atoms with E-state index in [1.165, 1.54) is 0 Å². The summed E-state index contributed by atoms with van der Waals surface area (Å²) >= 11 is 5.08. The van der Waals surface area contributed by atoms with E-state index in [2.05, 4.69) is 23.6 Å². The van der Waals surface area contributed by atoms with Gasteiger partial charge in [0.15, 0.2) is 5.78 Å². The predicted octanol–water partition coefficient (Wildman–Crippen LogP) is 4.09. The first-order chi connectivity index (χ1) is 11.6. The van der Waals surface area contributed by atoms with Gasteiger partial charge in [0.2, 0.25) is 0 Å². The zero-order chi connectivity index (χ0) is 16.8. The van der Waals surface area contributed by atoms with E-state index in [-0.39, 0.29) is 5.78 Å². The van der Waals surface area contributed by atoms with Crippen LogP contribution >= 0.6 is 12.2 Å². The fourth-order valence-corrected chi connectivity index (χ4v) is 3.84.